The van der Waals surface area contributed by atoms with E-state index in [0.717, 1.165) is 5.56 Å². The molecular formula is C24H27F3N5O2P. The third-order valence-electron chi connectivity index (χ3n) is 5.66. The molecule has 0 radical (unpaired) electrons. The maximum absolute atomic E-state index is 13.5. The Labute approximate surface area is 201 Å². The first kappa shape index (κ1) is 26.2. The average molecular weight is 505 g/mol. The summed E-state index contributed by atoms with van der Waals surface area (Å²) < 4.78 is 53.3. The number of nitrogens with two attached hydrogens (primary N) is 1. The van der Waals surface area contributed by atoms with Crippen LogP contribution < -0.4 is 16.4 Å². The summed E-state index contributed by atoms with van der Waals surface area (Å²) in [6.45, 7) is 3.74. The first-order valence-corrected chi connectivity index (χ1v) is 13.3. The van der Waals surface area contributed by atoms with E-state index in [9.17, 15) is 22.5 Å². The van der Waals surface area contributed by atoms with Gasteiger partial charge in [-0.05, 0) is 41.6 Å². The molecule has 0 fully saturated rings. The van der Waals surface area contributed by atoms with Gasteiger partial charge in [0.1, 0.15) is 11.4 Å². The molecule has 0 bridgehead atoms. The highest BCUT2D eigenvalue weighted by atomic mass is 31.2. The van der Waals surface area contributed by atoms with Crippen molar-refractivity contribution in [2.45, 2.75) is 32.7 Å². The third kappa shape index (κ3) is 6.82. The van der Waals surface area contributed by atoms with Gasteiger partial charge in [-0.1, -0.05) is 44.2 Å². The summed E-state index contributed by atoms with van der Waals surface area (Å²) in [5, 5.41) is 5.55. The quantitative estimate of drug-likeness (QED) is 0.298. The molecule has 2 aromatic carbocycles. The number of amides is 1. The average Bonchev–Trinajstić information content (AvgIpc) is 2.83. The molecule has 7 nitrogen and oxygen atoms in total. The molecule has 11 heteroatoms. The van der Waals surface area contributed by atoms with E-state index in [-0.39, 0.29) is 18.1 Å². The zero-order valence-corrected chi connectivity index (χ0v) is 20.3. The fourth-order valence-electron chi connectivity index (χ4n) is 3.48. The Kier molecular flexibility index (Phi) is 8.17. The zero-order chi connectivity index (χ0) is 25.6. The fourth-order valence-corrected chi connectivity index (χ4v) is 5.25. The Morgan fingerprint density at radius 1 is 1.06 bits per heavy atom. The molecule has 35 heavy (non-hydrogen) atoms. The predicted molar refractivity (Wildman–Crippen MR) is 131 cm³/mol. The third-order valence-corrected chi connectivity index (χ3v) is 8.90. The number of primary amides is 1. The molecule has 1 amide bonds. The van der Waals surface area contributed by atoms with Crippen molar-refractivity contribution in [3.05, 3.63) is 77.0 Å². The smallest absolute Gasteiger partial charge is 0.366 e. The van der Waals surface area contributed by atoms with Gasteiger partial charge >= 0.3 is 6.18 Å². The van der Waals surface area contributed by atoms with E-state index in [1.807, 2.05) is 26.0 Å². The molecule has 0 atom stereocenters. The molecule has 186 valence electrons. The van der Waals surface area contributed by atoms with Crippen molar-refractivity contribution in [3.8, 4) is 0 Å². The highest BCUT2D eigenvalue weighted by molar-refractivity contribution is 7.63. The van der Waals surface area contributed by atoms with E-state index >= 15 is 0 Å². The largest absolute Gasteiger partial charge is 0.421 e. The normalized spacial score (nSPS) is 11.8. The number of carbonyl (C=O) groups excluding carboxylic acids is 1. The summed E-state index contributed by atoms with van der Waals surface area (Å²) in [5.41, 5.74) is 6.45. The van der Waals surface area contributed by atoms with Crippen LogP contribution in [0, 0.1) is 0 Å². The van der Waals surface area contributed by atoms with Crippen LogP contribution in [-0.2, 0) is 23.4 Å². The number of rotatable bonds is 10. The van der Waals surface area contributed by atoms with Crippen molar-refractivity contribution >= 4 is 30.5 Å². The van der Waals surface area contributed by atoms with Crippen molar-refractivity contribution in [1.29, 1.82) is 0 Å². The number of nitrogens with one attached hydrogen (secondary N) is 2. The van der Waals surface area contributed by atoms with E-state index in [1.165, 1.54) is 6.07 Å². The molecule has 1 aromatic heterocycles. The Morgan fingerprint density at radius 2 is 1.71 bits per heavy atom. The van der Waals surface area contributed by atoms with Gasteiger partial charge < -0.3 is 20.9 Å². The lowest BCUT2D eigenvalue weighted by Crippen LogP contribution is -2.17. The second kappa shape index (κ2) is 10.9. The number of halogens is 3. The van der Waals surface area contributed by atoms with Crippen LogP contribution in [0.5, 0.6) is 0 Å². The lowest BCUT2D eigenvalue weighted by atomic mass is 10.1. The molecule has 0 aliphatic heterocycles. The number of hydrogen-bond acceptors (Lipinski definition) is 6. The summed E-state index contributed by atoms with van der Waals surface area (Å²) in [5.74, 6) is -1.15. The second-order valence-electron chi connectivity index (χ2n) is 8.00. The lowest BCUT2D eigenvalue weighted by molar-refractivity contribution is -0.137. The maximum atomic E-state index is 13.5. The first-order valence-electron chi connectivity index (χ1n) is 11.0. The molecule has 0 saturated carbocycles. The van der Waals surface area contributed by atoms with E-state index in [4.69, 9.17) is 5.73 Å². The molecule has 3 aromatic rings. The number of alkyl halides is 3. The maximum Gasteiger partial charge on any atom is 0.421 e. The van der Waals surface area contributed by atoms with Gasteiger partial charge in [0, 0.05) is 30.2 Å². The van der Waals surface area contributed by atoms with Crippen LogP contribution in [0.3, 0.4) is 0 Å². The molecule has 0 unspecified atom stereocenters. The van der Waals surface area contributed by atoms with E-state index < -0.39 is 30.6 Å². The molecular weight excluding hydrogens is 478 g/mol. The van der Waals surface area contributed by atoms with Crippen molar-refractivity contribution in [1.82, 2.24) is 9.97 Å². The Bertz CT molecular complexity index is 1220. The van der Waals surface area contributed by atoms with Crippen LogP contribution in [0.1, 0.15) is 40.9 Å². The standard InChI is InChI=1S/C24H27F3N5O2P/c1-3-35(34,4-2)15-16-9-11-18(12-10-16)31-23-30-14-20(24(25,26)27)22(32-23)29-13-17-7-5-6-8-19(17)21(28)33/h5-12,14H,3-4,13,15H2,1-2H3,(H2,28,33)(H2,29,30,31,32). The molecule has 0 spiro atoms. The van der Waals surface area contributed by atoms with Crippen LogP contribution in [0.25, 0.3) is 0 Å². The highest BCUT2D eigenvalue weighted by Crippen LogP contribution is 2.48. The summed E-state index contributed by atoms with van der Waals surface area (Å²) in [7, 11) is -2.24. The monoisotopic (exact) mass is 505 g/mol. The van der Waals surface area contributed by atoms with Crippen LogP contribution >= 0.6 is 7.14 Å². The minimum atomic E-state index is -4.68. The number of nitrogens with zero attached hydrogens (tertiary/aromatic N) is 2. The van der Waals surface area contributed by atoms with Gasteiger partial charge in [-0.3, -0.25) is 4.79 Å². The van der Waals surface area contributed by atoms with Gasteiger partial charge in [-0.15, -0.1) is 0 Å². The van der Waals surface area contributed by atoms with Crippen LogP contribution in [0.4, 0.5) is 30.6 Å². The SMILES string of the molecule is CCP(=O)(CC)Cc1ccc(Nc2ncc(C(F)(F)F)c(NCc3ccccc3C(N)=O)n2)cc1. The Hall–Kier alpha value is -3.39. The number of hydrogen-bond donors (Lipinski definition) is 3. The number of anilines is 3. The predicted octanol–water partition coefficient (Wildman–Crippen LogP) is 5.85. The number of carbonyl (C=O) groups is 1. The van der Waals surface area contributed by atoms with E-state index in [2.05, 4.69) is 20.6 Å². The molecule has 4 N–H and O–H groups in total. The molecule has 1 heterocycles. The second-order valence-corrected chi connectivity index (χ2v) is 11.7. The Balaban J connectivity index is 1.81. The van der Waals surface area contributed by atoms with E-state index in [1.54, 1.807) is 30.3 Å². The molecule has 0 aliphatic carbocycles. The van der Waals surface area contributed by atoms with Crippen molar-refractivity contribution in [2.24, 2.45) is 5.73 Å². The summed E-state index contributed by atoms with van der Waals surface area (Å²) in [6, 6.07) is 13.5. The molecule has 3 rings (SSSR count). The van der Waals surface area contributed by atoms with Crippen molar-refractivity contribution in [2.75, 3.05) is 23.0 Å². The minimum absolute atomic E-state index is 0.0378. The van der Waals surface area contributed by atoms with Gasteiger partial charge in [0.25, 0.3) is 0 Å². The van der Waals surface area contributed by atoms with E-state index in [0.29, 0.717) is 35.9 Å². The summed E-state index contributed by atoms with van der Waals surface area (Å²) in [4.78, 5) is 19.4. The number of aromatic nitrogens is 2. The Morgan fingerprint density at radius 3 is 2.31 bits per heavy atom. The summed E-state index contributed by atoms with van der Waals surface area (Å²) >= 11 is 0. The topological polar surface area (TPSA) is 110 Å². The van der Waals surface area contributed by atoms with Gasteiger partial charge in [-0.25, -0.2) is 4.98 Å². The molecule has 0 saturated heterocycles. The minimum Gasteiger partial charge on any atom is -0.366 e. The fraction of sp³-hybridized carbons (Fsp3) is 0.292. The van der Waals surface area contributed by atoms with Crippen LogP contribution in [0.2, 0.25) is 0 Å². The lowest BCUT2D eigenvalue weighted by Gasteiger charge is -2.16. The summed E-state index contributed by atoms with van der Waals surface area (Å²) in [6.07, 6.45) is -2.23. The van der Waals surface area contributed by atoms with Gasteiger partial charge in [0.05, 0.1) is 7.14 Å². The van der Waals surface area contributed by atoms with Crippen LogP contribution in [-0.4, -0.2) is 28.2 Å². The van der Waals surface area contributed by atoms with Gasteiger partial charge in [-0.2, -0.15) is 18.2 Å². The van der Waals surface area contributed by atoms with Gasteiger partial charge in [0.2, 0.25) is 11.9 Å². The highest BCUT2D eigenvalue weighted by Gasteiger charge is 2.35. The zero-order valence-electron chi connectivity index (χ0n) is 19.4. The molecule has 0 aliphatic rings. The van der Waals surface area contributed by atoms with Crippen LogP contribution in [0.15, 0.2) is 54.7 Å². The van der Waals surface area contributed by atoms with Crippen molar-refractivity contribution in [3.63, 3.8) is 0 Å². The van der Waals surface area contributed by atoms with Crippen molar-refractivity contribution < 1.29 is 22.5 Å². The number of benzene rings is 2. The van der Waals surface area contributed by atoms with Gasteiger partial charge in [0.15, 0.2) is 0 Å². The first-order chi connectivity index (χ1) is 16.5.